The zero-order chi connectivity index (χ0) is 20.2. The normalized spacial score (nSPS) is 19.4. The summed E-state index contributed by atoms with van der Waals surface area (Å²) in [4.78, 5) is 0. The van der Waals surface area contributed by atoms with E-state index < -0.39 is 0 Å². The van der Waals surface area contributed by atoms with E-state index in [0.29, 0.717) is 5.92 Å². The minimum absolute atomic E-state index is 0.0735. The first-order valence-corrected chi connectivity index (χ1v) is 11.1. The predicted octanol–water partition coefficient (Wildman–Crippen LogP) is 8.45. The molecule has 3 aromatic rings. The van der Waals surface area contributed by atoms with E-state index in [2.05, 4.69) is 43.0 Å². The van der Waals surface area contributed by atoms with Gasteiger partial charge in [0.05, 0.1) is 0 Å². The lowest BCUT2D eigenvalue weighted by atomic mass is 9.77. The summed E-state index contributed by atoms with van der Waals surface area (Å²) >= 11 is 0. The highest BCUT2D eigenvalue weighted by atomic mass is 19.1. The first-order chi connectivity index (χ1) is 14.2. The summed E-state index contributed by atoms with van der Waals surface area (Å²) in [5.41, 5.74) is 4.61. The zero-order valence-corrected chi connectivity index (χ0v) is 17.5. The van der Waals surface area contributed by atoms with Crippen LogP contribution in [-0.2, 0) is 6.42 Å². The Morgan fingerprint density at radius 3 is 2.34 bits per heavy atom. The quantitative estimate of drug-likeness (QED) is 0.373. The Kier molecular flexibility index (Phi) is 6.13. The Morgan fingerprint density at radius 2 is 1.66 bits per heavy atom. The van der Waals surface area contributed by atoms with E-state index in [9.17, 15) is 4.39 Å². The molecule has 0 aliphatic heterocycles. The maximum atomic E-state index is 14.6. The maximum absolute atomic E-state index is 14.6. The Labute approximate surface area is 174 Å². The van der Waals surface area contributed by atoms with Crippen LogP contribution in [0.2, 0.25) is 0 Å². The van der Waals surface area contributed by atoms with Gasteiger partial charge < -0.3 is 0 Å². The summed E-state index contributed by atoms with van der Waals surface area (Å²) < 4.78 is 14.6. The highest BCUT2D eigenvalue weighted by Gasteiger charge is 2.21. The molecule has 0 spiro atoms. The molecule has 0 N–H and O–H groups in total. The van der Waals surface area contributed by atoms with Crippen molar-refractivity contribution in [2.45, 2.75) is 57.8 Å². The van der Waals surface area contributed by atoms with Gasteiger partial charge in [-0.2, -0.15) is 0 Å². The fourth-order valence-electron chi connectivity index (χ4n) is 4.88. The van der Waals surface area contributed by atoms with Gasteiger partial charge in [-0.25, -0.2) is 4.39 Å². The van der Waals surface area contributed by atoms with Gasteiger partial charge in [0.15, 0.2) is 0 Å². The number of rotatable bonds is 6. The second-order valence-electron chi connectivity index (χ2n) is 8.53. The van der Waals surface area contributed by atoms with Gasteiger partial charge in [0, 0.05) is 5.39 Å². The van der Waals surface area contributed by atoms with Crippen molar-refractivity contribution < 1.29 is 4.39 Å². The van der Waals surface area contributed by atoms with Gasteiger partial charge in [-0.1, -0.05) is 61.5 Å². The molecule has 1 saturated carbocycles. The number of halogens is 1. The number of fused-ring (bicyclic) bond motifs is 1. The predicted molar refractivity (Wildman–Crippen MR) is 123 cm³/mol. The summed E-state index contributed by atoms with van der Waals surface area (Å²) in [6.07, 6.45) is 10.5. The average molecular weight is 387 g/mol. The fraction of sp³-hybridized carbons (Fsp3) is 0.357. The van der Waals surface area contributed by atoms with Crippen molar-refractivity contribution in [1.29, 1.82) is 0 Å². The molecule has 0 bridgehead atoms. The van der Waals surface area contributed by atoms with Crippen LogP contribution in [0.5, 0.6) is 0 Å². The molecule has 0 aromatic heterocycles. The molecule has 3 aromatic carbocycles. The monoisotopic (exact) mass is 386 g/mol. The molecular formula is C28H31F. The molecule has 1 fully saturated rings. The Balaban J connectivity index is 1.49. The molecule has 1 aliphatic carbocycles. The highest BCUT2D eigenvalue weighted by molar-refractivity contribution is 5.88. The molecule has 0 amide bonds. The van der Waals surface area contributed by atoms with Gasteiger partial charge in [0.1, 0.15) is 5.82 Å². The lowest BCUT2D eigenvalue weighted by Crippen LogP contribution is -2.13. The molecule has 1 heteroatoms. The van der Waals surface area contributed by atoms with Gasteiger partial charge in [-0.15, -0.1) is 6.58 Å². The van der Waals surface area contributed by atoms with Crippen LogP contribution in [-0.4, -0.2) is 0 Å². The number of hydrogen-bond donors (Lipinski definition) is 0. The first kappa shape index (κ1) is 19.9. The second-order valence-corrected chi connectivity index (χ2v) is 8.53. The first-order valence-electron chi connectivity index (χ1n) is 11.1. The van der Waals surface area contributed by atoms with Gasteiger partial charge >= 0.3 is 0 Å². The van der Waals surface area contributed by atoms with Crippen molar-refractivity contribution in [3.8, 4) is 11.1 Å². The smallest absolute Gasteiger partial charge is 0.134 e. The van der Waals surface area contributed by atoms with E-state index in [4.69, 9.17) is 0 Å². The largest absolute Gasteiger partial charge is 0.206 e. The number of allylic oxidation sites excluding steroid dienone is 1. The van der Waals surface area contributed by atoms with Crippen LogP contribution in [0.1, 0.15) is 62.5 Å². The van der Waals surface area contributed by atoms with Gasteiger partial charge in [-0.3, -0.25) is 0 Å². The summed E-state index contributed by atoms with van der Waals surface area (Å²) in [6, 6.07) is 19.1. The summed E-state index contributed by atoms with van der Waals surface area (Å²) in [5, 5.41) is 1.69. The Bertz CT molecular complexity index is 975. The second kappa shape index (κ2) is 8.95. The van der Waals surface area contributed by atoms with Crippen molar-refractivity contribution in [3.63, 3.8) is 0 Å². The van der Waals surface area contributed by atoms with Crippen LogP contribution >= 0.6 is 0 Å². The van der Waals surface area contributed by atoms with Crippen molar-refractivity contribution in [3.05, 3.63) is 84.2 Å². The zero-order valence-electron chi connectivity index (χ0n) is 17.5. The summed E-state index contributed by atoms with van der Waals surface area (Å²) in [5.74, 6) is 1.51. The van der Waals surface area contributed by atoms with E-state index >= 15 is 0 Å². The van der Waals surface area contributed by atoms with Crippen molar-refractivity contribution in [2.24, 2.45) is 5.92 Å². The molecule has 0 heterocycles. The van der Waals surface area contributed by atoms with Crippen LogP contribution in [0, 0.1) is 11.7 Å². The molecule has 29 heavy (non-hydrogen) atoms. The van der Waals surface area contributed by atoms with E-state index in [1.54, 1.807) is 0 Å². The molecular weight excluding hydrogens is 355 g/mol. The minimum Gasteiger partial charge on any atom is -0.206 e. The maximum Gasteiger partial charge on any atom is 0.134 e. The van der Waals surface area contributed by atoms with E-state index in [-0.39, 0.29) is 5.82 Å². The average Bonchev–Trinajstić information content (AvgIpc) is 2.78. The van der Waals surface area contributed by atoms with Crippen molar-refractivity contribution >= 4 is 10.8 Å². The van der Waals surface area contributed by atoms with Gasteiger partial charge in [-0.05, 0) is 90.5 Å². The molecule has 0 atom stereocenters. The van der Waals surface area contributed by atoms with Crippen LogP contribution in [0.15, 0.2) is 67.3 Å². The number of hydrogen-bond acceptors (Lipinski definition) is 0. The Morgan fingerprint density at radius 1 is 0.931 bits per heavy atom. The minimum atomic E-state index is -0.0735. The van der Waals surface area contributed by atoms with Crippen LogP contribution in [0.3, 0.4) is 0 Å². The van der Waals surface area contributed by atoms with Crippen LogP contribution < -0.4 is 0 Å². The third-order valence-corrected chi connectivity index (χ3v) is 6.76. The van der Waals surface area contributed by atoms with Crippen molar-refractivity contribution in [2.75, 3.05) is 0 Å². The lowest BCUT2D eigenvalue weighted by molar-refractivity contribution is 0.312. The SMILES string of the molecule is C=CCCC1CCC(c2ccc(-c3ccc4c(F)c(CC)ccc4c3)cc2)CC1. The molecule has 1 aliphatic rings. The summed E-state index contributed by atoms with van der Waals surface area (Å²) in [7, 11) is 0. The molecule has 150 valence electrons. The topological polar surface area (TPSA) is 0 Å². The molecule has 0 radical (unpaired) electrons. The third-order valence-electron chi connectivity index (χ3n) is 6.76. The van der Waals surface area contributed by atoms with E-state index in [1.807, 2.05) is 31.2 Å². The van der Waals surface area contributed by atoms with Crippen molar-refractivity contribution in [1.82, 2.24) is 0 Å². The fourth-order valence-corrected chi connectivity index (χ4v) is 4.88. The van der Waals surface area contributed by atoms with Gasteiger partial charge in [0.25, 0.3) is 0 Å². The molecule has 4 rings (SSSR count). The van der Waals surface area contributed by atoms with Crippen LogP contribution in [0.25, 0.3) is 21.9 Å². The molecule has 0 nitrogen and oxygen atoms in total. The summed E-state index contributed by atoms with van der Waals surface area (Å²) in [6.45, 7) is 5.84. The third kappa shape index (κ3) is 4.29. The highest BCUT2D eigenvalue weighted by Crippen LogP contribution is 2.38. The van der Waals surface area contributed by atoms with Crippen LogP contribution in [0.4, 0.5) is 4.39 Å². The Hall–Kier alpha value is -2.41. The number of benzene rings is 3. The van der Waals surface area contributed by atoms with Gasteiger partial charge in [0.2, 0.25) is 0 Å². The lowest BCUT2D eigenvalue weighted by Gasteiger charge is -2.28. The van der Waals surface area contributed by atoms with E-state index in [0.717, 1.165) is 40.7 Å². The number of aryl methyl sites for hydroxylation is 1. The molecule has 0 unspecified atom stereocenters. The standard InChI is InChI=1S/C28H31F/c1-3-5-6-20-7-9-22(10-8-20)23-12-14-24(15-13-23)25-17-18-27-26(19-25)16-11-21(4-2)28(27)29/h3,11-20,22H,1,4-10H2,2H3. The van der Waals surface area contributed by atoms with E-state index in [1.165, 1.54) is 43.2 Å². The molecule has 0 saturated heterocycles.